The summed E-state index contributed by atoms with van der Waals surface area (Å²) in [5.74, 6) is -0.571. The lowest BCUT2D eigenvalue weighted by Gasteiger charge is -2.11. The zero-order valence-electron chi connectivity index (χ0n) is 19.4. The van der Waals surface area contributed by atoms with E-state index in [2.05, 4.69) is 29.5 Å². The molecule has 7 nitrogen and oxygen atoms in total. The molecule has 2 heterocycles. The molecule has 0 atom stereocenters. The number of alkyl halides is 3. The van der Waals surface area contributed by atoms with Crippen molar-refractivity contribution in [1.82, 2.24) is 9.55 Å². The number of ether oxygens (including phenoxy) is 1. The summed E-state index contributed by atoms with van der Waals surface area (Å²) in [7, 11) is 1.27. The first kappa shape index (κ1) is 25.1. The fourth-order valence-electron chi connectivity index (χ4n) is 3.55. The number of aryl methyl sites for hydroxylation is 1. The summed E-state index contributed by atoms with van der Waals surface area (Å²) in [5.41, 5.74) is 1.56. The number of carbonyl (C=O) groups is 2. The van der Waals surface area contributed by atoms with Crippen molar-refractivity contribution in [1.29, 1.82) is 0 Å². The van der Waals surface area contributed by atoms with Crippen molar-refractivity contribution in [3.63, 3.8) is 0 Å². The number of amides is 1. The monoisotopic (exact) mass is 476 g/mol. The average Bonchev–Trinajstić information content (AvgIpc) is 3.07. The van der Waals surface area contributed by atoms with Gasteiger partial charge in [-0.3, -0.25) is 4.79 Å². The van der Waals surface area contributed by atoms with Crippen LogP contribution in [0.3, 0.4) is 0 Å². The number of anilines is 2. The second kappa shape index (κ2) is 10.1. The Morgan fingerprint density at radius 1 is 1.18 bits per heavy atom. The molecule has 10 heteroatoms. The Morgan fingerprint density at radius 2 is 1.85 bits per heavy atom. The molecular formula is C24H27F3N4O3. The van der Waals surface area contributed by atoms with Crippen LogP contribution in [0.4, 0.5) is 24.5 Å². The molecule has 34 heavy (non-hydrogen) atoms. The predicted molar refractivity (Wildman–Crippen MR) is 124 cm³/mol. The second-order valence-corrected chi connectivity index (χ2v) is 8.37. The molecule has 0 radical (unpaired) electrons. The number of nitrogens with one attached hydrogen (secondary N) is 2. The van der Waals surface area contributed by atoms with Gasteiger partial charge in [0.1, 0.15) is 5.65 Å². The second-order valence-electron chi connectivity index (χ2n) is 8.37. The lowest BCUT2D eigenvalue weighted by Crippen LogP contribution is -2.16. The van der Waals surface area contributed by atoms with E-state index in [1.54, 1.807) is 16.8 Å². The van der Waals surface area contributed by atoms with Gasteiger partial charge < -0.3 is 19.9 Å². The highest BCUT2D eigenvalue weighted by molar-refractivity contribution is 6.10. The summed E-state index contributed by atoms with van der Waals surface area (Å²) < 4.78 is 45.0. The van der Waals surface area contributed by atoms with E-state index in [9.17, 15) is 22.8 Å². The van der Waals surface area contributed by atoms with E-state index in [1.165, 1.54) is 26.2 Å². The Hall–Kier alpha value is -3.56. The van der Waals surface area contributed by atoms with Crippen LogP contribution < -0.4 is 10.6 Å². The first-order chi connectivity index (χ1) is 16.0. The fourth-order valence-corrected chi connectivity index (χ4v) is 3.55. The number of hydrogen-bond acceptors (Lipinski definition) is 5. The molecule has 0 unspecified atom stereocenters. The van der Waals surface area contributed by atoms with Crippen LogP contribution in [0.15, 0.2) is 36.5 Å². The van der Waals surface area contributed by atoms with Crippen molar-refractivity contribution in [2.45, 2.75) is 46.5 Å². The molecule has 0 aliphatic rings. The van der Waals surface area contributed by atoms with Crippen LogP contribution in [0.5, 0.6) is 0 Å². The van der Waals surface area contributed by atoms with Crippen LogP contribution in [-0.4, -0.2) is 28.5 Å². The molecule has 0 fully saturated rings. The number of rotatable bonds is 8. The minimum atomic E-state index is -4.39. The zero-order valence-corrected chi connectivity index (χ0v) is 19.4. The van der Waals surface area contributed by atoms with E-state index in [4.69, 9.17) is 4.74 Å². The first-order valence-corrected chi connectivity index (χ1v) is 10.8. The number of fused-ring (bicyclic) bond motifs is 1. The Labute approximate surface area is 195 Å². The summed E-state index contributed by atoms with van der Waals surface area (Å²) in [6.07, 6.45) is -2.03. The van der Waals surface area contributed by atoms with Gasteiger partial charge in [-0.2, -0.15) is 13.2 Å². The summed E-state index contributed by atoms with van der Waals surface area (Å²) in [5, 5.41) is 6.41. The summed E-state index contributed by atoms with van der Waals surface area (Å²) in [6, 6.07) is 6.62. The zero-order chi connectivity index (χ0) is 25.0. The van der Waals surface area contributed by atoms with E-state index in [0.29, 0.717) is 40.4 Å². The SMILES string of the molecule is COC(=O)c1c(NC(C)=O)c2cc(NCc3ccc(C(F)(F)F)cc3)cnc2n1CCC(C)C. The Kier molecular flexibility index (Phi) is 7.48. The van der Waals surface area contributed by atoms with Gasteiger partial charge in [0.2, 0.25) is 5.91 Å². The van der Waals surface area contributed by atoms with Gasteiger partial charge >= 0.3 is 12.1 Å². The van der Waals surface area contributed by atoms with Crippen molar-refractivity contribution in [3.8, 4) is 0 Å². The standard InChI is InChI=1S/C24H27F3N4O3/c1-14(2)9-10-31-21(23(33)34-4)20(30-15(3)32)19-11-18(13-29-22(19)31)28-12-16-5-7-17(8-6-16)24(25,26)27/h5-8,11,13-14,28H,9-10,12H2,1-4H3,(H,30,32). The minimum Gasteiger partial charge on any atom is -0.464 e. The summed E-state index contributed by atoms with van der Waals surface area (Å²) in [4.78, 5) is 29.0. The molecule has 0 spiro atoms. The highest BCUT2D eigenvalue weighted by Gasteiger charge is 2.30. The fraction of sp³-hybridized carbons (Fsp3) is 0.375. The van der Waals surface area contributed by atoms with E-state index in [0.717, 1.165) is 18.6 Å². The maximum atomic E-state index is 12.8. The lowest BCUT2D eigenvalue weighted by atomic mass is 10.1. The van der Waals surface area contributed by atoms with Gasteiger partial charge in [0.25, 0.3) is 0 Å². The molecule has 0 saturated carbocycles. The summed E-state index contributed by atoms with van der Waals surface area (Å²) >= 11 is 0. The average molecular weight is 476 g/mol. The third-order valence-electron chi connectivity index (χ3n) is 5.29. The van der Waals surface area contributed by atoms with Crippen molar-refractivity contribution in [2.75, 3.05) is 17.7 Å². The number of methoxy groups -OCH3 is 1. The Morgan fingerprint density at radius 3 is 2.41 bits per heavy atom. The number of aromatic nitrogens is 2. The number of carbonyl (C=O) groups excluding carboxylic acids is 2. The minimum absolute atomic E-state index is 0.209. The highest BCUT2D eigenvalue weighted by atomic mass is 19.4. The number of pyridine rings is 1. The highest BCUT2D eigenvalue weighted by Crippen LogP contribution is 2.33. The molecule has 0 aliphatic carbocycles. The molecule has 1 amide bonds. The smallest absolute Gasteiger partial charge is 0.416 e. The van der Waals surface area contributed by atoms with Crippen LogP contribution in [0.1, 0.15) is 48.8 Å². The van der Waals surface area contributed by atoms with Crippen molar-refractivity contribution < 1.29 is 27.5 Å². The van der Waals surface area contributed by atoms with E-state index in [1.807, 2.05) is 0 Å². The summed E-state index contributed by atoms with van der Waals surface area (Å²) in [6.45, 7) is 6.24. The molecule has 3 rings (SSSR count). The Balaban J connectivity index is 1.97. The van der Waals surface area contributed by atoms with Gasteiger partial charge in [-0.25, -0.2) is 9.78 Å². The predicted octanol–water partition coefficient (Wildman–Crippen LogP) is 5.46. The molecule has 182 valence electrons. The van der Waals surface area contributed by atoms with Crippen molar-refractivity contribution in [2.24, 2.45) is 5.92 Å². The molecular weight excluding hydrogens is 449 g/mol. The number of hydrogen-bond donors (Lipinski definition) is 2. The number of benzene rings is 1. The number of nitrogens with zero attached hydrogens (tertiary/aromatic N) is 2. The third kappa shape index (κ3) is 5.67. The third-order valence-corrected chi connectivity index (χ3v) is 5.29. The van der Waals surface area contributed by atoms with Crippen molar-refractivity contribution >= 4 is 34.3 Å². The van der Waals surface area contributed by atoms with Crippen LogP contribution in [-0.2, 0) is 28.8 Å². The van der Waals surface area contributed by atoms with Gasteiger partial charge in [-0.05, 0) is 36.1 Å². The van der Waals surface area contributed by atoms with E-state index >= 15 is 0 Å². The van der Waals surface area contributed by atoms with Gasteiger partial charge in [0.05, 0.1) is 30.2 Å². The van der Waals surface area contributed by atoms with E-state index in [-0.39, 0.29) is 18.1 Å². The molecule has 0 aliphatic heterocycles. The molecule has 1 aromatic carbocycles. The van der Waals surface area contributed by atoms with Crippen LogP contribution in [0, 0.1) is 5.92 Å². The molecule has 2 aromatic heterocycles. The quantitative estimate of drug-likeness (QED) is 0.422. The topological polar surface area (TPSA) is 85.2 Å². The normalized spacial score (nSPS) is 11.6. The van der Waals surface area contributed by atoms with Gasteiger partial charge in [0, 0.05) is 25.4 Å². The lowest BCUT2D eigenvalue weighted by molar-refractivity contribution is -0.137. The Bertz CT molecular complexity index is 1180. The molecule has 0 saturated heterocycles. The van der Waals surface area contributed by atoms with Crippen LogP contribution >= 0.6 is 0 Å². The molecule has 0 bridgehead atoms. The van der Waals surface area contributed by atoms with Crippen LogP contribution in [0.2, 0.25) is 0 Å². The van der Waals surface area contributed by atoms with Gasteiger partial charge in [0.15, 0.2) is 5.69 Å². The van der Waals surface area contributed by atoms with Gasteiger partial charge in [-0.1, -0.05) is 26.0 Å². The van der Waals surface area contributed by atoms with Crippen molar-refractivity contribution in [3.05, 3.63) is 53.3 Å². The first-order valence-electron chi connectivity index (χ1n) is 10.8. The molecule has 2 N–H and O–H groups in total. The number of halogens is 3. The van der Waals surface area contributed by atoms with Crippen LogP contribution in [0.25, 0.3) is 11.0 Å². The van der Waals surface area contributed by atoms with E-state index < -0.39 is 17.7 Å². The maximum Gasteiger partial charge on any atom is 0.416 e. The maximum absolute atomic E-state index is 12.8. The number of esters is 1. The molecule has 3 aromatic rings. The largest absolute Gasteiger partial charge is 0.464 e. The van der Waals surface area contributed by atoms with Gasteiger partial charge in [-0.15, -0.1) is 0 Å².